The summed E-state index contributed by atoms with van der Waals surface area (Å²) in [5.74, 6) is -0.224. The van der Waals surface area contributed by atoms with Crippen molar-refractivity contribution >= 4 is 11.8 Å². The van der Waals surface area contributed by atoms with Crippen molar-refractivity contribution in [2.45, 2.75) is 16.6 Å². The number of aryl methyl sites for hydroxylation is 1. The number of halogens is 1. The highest BCUT2D eigenvalue weighted by Gasteiger charge is 2.08. The monoisotopic (exact) mass is 252 g/mol. The van der Waals surface area contributed by atoms with Crippen molar-refractivity contribution in [3.05, 3.63) is 35.9 Å². The Bertz CT molecular complexity index is 512. The molecule has 2 rings (SSSR count). The zero-order valence-electron chi connectivity index (χ0n) is 9.64. The van der Waals surface area contributed by atoms with Crippen LogP contribution < -0.4 is 5.32 Å². The van der Waals surface area contributed by atoms with Crippen LogP contribution in [0.15, 0.2) is 34.6 Å². The van der Waals surface area contributed by atoms with Gasteiger partial charge in [0.25, 0.3) is 0 Å². The van der Waals surface area contributed by atoms with Crippen LogP contribution in [0.25, 0.3) is 0 Å². The smallest absolute Gasteiger partial charge is 0.195 e. The van der Waals surface area contributed by atoms with E-state index in [9.17, 15) is 4.39 Å². The lowest BCUT2D eigenvalue weighted by Gasteiger charge is -2.08. The van der Waals surface area contributed by atoms with Crippen LogP contribution in [0.2, 0.25) is 0 Å². The molecule has 0 aliphatic carbocycles. The summed E-state index contributed by atoms with van der Waals surface area (Å²) >= 11 is 1.48. The van der Waals surface area contributed by atoms with E-state index in [1.165, 1.54) is 23.9 Å². The highest BCUT2D eigenvalue weighted by atomic mass is 32.2. The third-order valence-corrected chi connectivity index (χ3v) is 3.43. The van der Waals surface area contributed by atoms with Gasteiger partial charge < -0.3 is 9.88 Å². The van der Waals surface area contributed by atoms with Crippen LogP contribution in [0, 0.1) is 5.82 Å². The maximum atomic E-state index is 13.2. The molecule has 90 valence electrons. The molecule has 0 saturated carbocycles. The molecule has 1 aromatic carbocycles. The first-order valence-electron chi connectivity index (χ1n) is 5.15. The van der Waals surface area contributed by atoms with E-state index in [2.05, 4.69) is 15.5 Å². The average molecular weight is 252 g/mol. The number of nitrogens with zero attached hydrogens (tertiary/aromatic N) is 3. The fourth-order valence-corrected chi connectivity index (χ4v) is 2.31. The van der Waals surface area contributed by atoms with E-state index in [-0.39, 0.29) is 5.82 Å². The maximum absolute atomic E-state index is 13.2. The summed E-state index contributed by atoms with van der Waals surface area (Å²) in [5.41, 5.74) is 0.917. The molecule has 1 N–H and O–H groups in total. The zero-order chi connectivity index (χ0) is 12.3. The van der Waals surface area contributed by atoms with Gasteiger partial charge in [0.15, 0.2) is 5.16 Å². The Labute approximate surface area is 103 Å². The number of benzene rings is 1. The highest BCUT2D eigenvalue weighted by Crippen LogP contribution is 2.29. The molecule has 1 heterocycles. The number of nitrogens with one attached hydrogen (secondary N) is 1. The molecular formula is C11H13FN4S. The first kappa shape index (κ1) is 12.1. The van der Waals surface area contributed by atoms with Gasteiger partial charge in [0.2, 0.25) is 0 Å². The SMILES string of the molecule is CNCc1cc(F)ccc1Sc1nncn1C. The zero-order valence-corrected chi connectivity index (χ0v) is 10.5. The molecule has 0 fully saturated rings. The van der Waals surface area contributed by atoms with Crippen molar-refractivity contribution in [2.75, 3.05) is 7.05 Å². The lowest BCUT2D eigenvalue weighted by molar-refractivity contribution is 0.621. The van der Waals surface area contributed by atoms with E-state index in [1.807, 2.05) is 18.7 Å². The van der Waals surface area contributed by atoms with Crippen molar-refractivity contribution in [1.82, 2.24) is 20.1 Å². The lowest BCUT2D eigenvalue weighted by Crippen LogP contribution is -2.06. The molecule has 1 aromatic heterocycles. The summed E-state index contributed by atoms with van der Waals surface area (Å²) < 4.78 is 15.0. The second kappa shape index (κ2) is 5.29. The van der Waals surface area contributed by atoms with Crippen LogP contribution in [0.4, 0.5) is 4.39 Å². The van der Waals surface area contributed by atoms with Gasteiger partial charge in [0, 0.05) is 18.5 Å². The van der Waals surface area contributed by atoms with E-state index in [0.29, 0.717) is 6.54 Å². The number of aromatic nitrogens is 3. The molecule has 0 amide bonds. The van der Waals surface area contributed by atoms with E-state index in [4.69, 9.17) is 0 Å². The Morgan fingerprint density at radius 1 is 1.47 bits per heavy atom. The first-order valence-corrected chi connectivity index (χ1v) is 5.97. The largest absolute Gasteiger partial charge is 0.316 e. The average Bonchev–Trinajstić information content (AvgIpc) is 2.69. The molecule has 0 bridgehead atoms. The number of hydrogen-bond acceptors (Lipinski definition) is 4. The van der Waals surface area contributed by atoms with Crippen LogP contribution >= 0.6 is 11.8 Å². The minimum absolute atomic E-state index is 0.224. The van der Waals surface area contributed by atoms with Gasteiger partial charge in [-0.25, -0.2) is 4.39 Å². The number of rotatable bonds is 4. The molecular weight excluding hydrogens is 239 g/mol. The number of hydrogen-bond donors (Lipinski definition) is 1. The molecule has 0 atom stereocenters. The Kier molecular flexibility index (Phi) is 3.75. The topological polar surface area (TPSA) is 42.7 Å². The Hall–Kier alpha value is -1.40. The predicted molar refractivity (Wildman–Crippen MR) is 64.3 cm³/mol. The normalized spacial score (nSPS) is 10.8. The lowest BCUT2D eigenvalue weighted by atomic mass is 10.2. The van der Waals surface area contributed by atoms with Gasteiger partial charge in [-0.05, 0) is 42.6 Å². The van der Waals surface area contributed by atoms with Crippen molar-refractivity contribution in [2.24, 2.45) is 7.05 Å². The van der Waals surface area contributed by atoms with Crippen LogP contribution in [-0.4, -0.2) is 21.8 Å². The molecule has 0 aliphatic heterocycles. The van der Waals surface area contributed by atoms with Gasteiger partial charge in [0.1, 0.15) is 12.1 Å². The third kappa shape index (κ3) is 2.83. The van der Waals surface area contributed by atoms with Gasteiger partial charge in [-0.1, -0.05) is 0 Å². The molecule has 0 saturated heterocycles. The van der Waals surface area contributed by atoms with Crippen LogP contribution in [-0.2, 0) is 13.6 Å². The summed E-state index contributed by atoms with van der Waals surface area (Å²) in [5, 5.41) is 11.6. The summed E-state index contributed by atoms with van der Waals surface area (Å²) in [6.45, 7) is 0.623. The standard InChI is InChI=1S/C11H13FN4S/c1-13-6-8-5-9(12)3-4-10(8)17-11-15-14-7-16(11)2/h3-5,7,13H,6H2,1-2H3. The molecule has 0 unspecified atom stereocenters. The Balaban J connectivity index is 2.29. The minimum atomic E-state index is -0.224. The van der Waals surface area contributed by atoms with E-state index < -0.39 is 0 Å². The van der Waals surface area contributed by atoms with Crippen LogP contribution in [0.5, 0.6) is 0 Å². The summed E-state index contributed by atoms with van der Waals surface area (Å²) in [6, 6.07) is 4.76. The van der Waals surface area contributed by atoms with Crippen molar-refractivity contribution in [3.8, 4) is 0 Å². The molecule has 0 spiro atoms. The van der Waals surface area contributed by atoms with E-state index in [0.717, 1.165) is 15.6 Å². The van der Waals surface area contributed by atoms with Crippen molar-refractivity contribution in [1.29, 1.82) is 0 Å². The molecule has 0 aliphatic rings. The molecule has 17 heavy (non-hydrogen) atoms. The van der Waals surface area contributed by atoms with E-state index >= 15 is 0 Å². The molecule has 6 heteroatoms. The van der Waals surface area contributed by atoms with Crippen LogP contribution in [0.3, 0.4) is 0 Å². The summed E-state index contributed by atoms with van der Waals surface area (Å²) in [7, 11) is 3.71. The van der Waals surface area contributed by atoms with Gasteiger partial charge in [-0.2, -0.15) is 0 Å². The Morgan fingerprint density at radius 3 is 2.94 bits per heavy atom. The van der Waals surface area contributed by atoms with Crippen molar-refractivity contribution < 1.29 is 4.39 Å². The van der Waals surface area contributed by atoms with Gasteiger partial charge in [-0.15, -0.1) is 10.2 Å². The predicted octanol–water partition coefficient (Wildman–Crippen LogP) is 1.82. The van der Waals surface area contributed by atoms with Gasteiger partial charge in [-0.3, -0.25) is 0 Å². The fourth-order valence-electron chi connectivity index (χ4n) is 1.44. The minimum Gasteiger partial charge on any atom is -0.316 e. The molecule has 2 aromatic rings. The second-order valence-corrected chi connectivity index (χ2v) is 4.62. The quantitative estimate of drug-likeness (QED) is 0.901. The summed E-state index contributed by atoms with van der Waals surface area (Å²) in [6.07, 6.45) is 1.64. The maximum Gasteiger partial charge on any atom is 0.195 e. The second-order valence-electron chi connectivity index (χ2n) is 3.61. The van der Waals surface area contributed by atoms with Crippen molar-refractivity contribution in [3.63, 3.8) is 0 Å². The third-order valence-electron chi connectivity index (χ3n) is 2.26. The van der Waals surface area contributed by atoms with Gasteiger partial charge in [0.05, 0.1) is 0 Å². The molecule has 0 radical (unpaired) electrons. The van der Waals surface area contributed by atoms with Gasteiger partial charge >= 0.3 is 0 Å². The summed E-state index contributed by atoms with van der Waals surface area (Å²) in [4.78, 5) is 0.983. The molecule has 4 nitrogen and oxygen atoms in total. The first-order chi connectivity index (χ1) is 8.20. The van der Waals surface area contributed by atoms with Crippen LogP contribution in [0.1, 0.15) is 5.56 Å². The highest BCUT2D eigenvalue weighted by molar-refractivity contribution is 7.99. The fraction of sp³-hybridized carbons (Fsp3) is 0.273. The Morgan fingerprint density at radius 2 is 2.29 bits per heavy atom. The van der Waals surface area contributed by atoms with E-state index in [1.54, 1.807) is 12.4 Å².